The smallest absolute Gasteiger partial charge is 0.0541 e. The summed E-state index contributed by atoms with van der Waals surface area (Å²) in [5, 5.41) is 10.2. The zero-order valence-electron chi connectivity index (χ0n) is 47.5. The van der Waals surface area contributed by atoms with Gasteiger partial charge in [0.05, 0.1) is 44.1 Å². The Balaban J connectivity index is 0.000000142. The van der Waals surface area contributed by atoms with Crippen LogP contribution in [-0.2, 0) is 6.42 Å². The zero-order chi connectivity index (χ0) is 55.9. The molecular formula is C79H62N4. The van der Waals surface area contributed by atoms with Crippen molar-refractivity contribution < 1.29 is 0 Å². The summed E-state index contributed by atoms with van der Waals surface area (Å²) in [7, 11) is 0. The van der Waals surface area contributed by atoms with Gasteiger partial charge in [-0.1, -0.05) is 220 Å². The van der Waals surface area contributed by atoms with Crippen molar-refractivity contribution in [1.82, 2.24) is 18.3 Å². The summed E-state index contributed by atoms with van der Waals surface area (Å²) in [6.07, 6.45) is 1.03. The Bertz CT molecular complexity index is 4700. The number of nitrogens with zero attached hydrogens (tertiary/aromatic N) is 4. The normalized spacial score (nSPS) is 12.0. The molecule has 0 atom stereocenters. The molecule has 398 valence electrons. The molecule has 0 unspecified atom stereocenters. The molecule has 0 radical (unpaired) electrons. The van der Waals surface area contributed by atoms with Gasteiger partial charge in [0.15, 0.2) is 0 Å². The first-order chi connectivity index (χ1) is 40.6. The van der Waals surface area contributed by atoms with Crippen molar-refractivity contribution in [1.29, 1.82) is 0 Å². The lowest BCUT2D eigenvalue weighted by Gasteiger charge is -2.19. The highest BCUT2D eigenvalue weighted by molar-refractivity contribution is 6.13. The summed E-state index contributed by atoms with van der Waals surface area (Å²) in [6.45, 7) is 11.3. The fraction of sp³-hybridized carbons (Fsp3) is 0.0886. The molecule has 83 heavy (non-hydrogen) atoms. The molecule has 12 aromatic carbocycles. The lowest BCUT2D eigenvalue weighted by Crippen LogP contribution is -2.09. The zero-order valence-corrected chi connectivity index (χ0v) is 47.5. The van der Waals surface area contributed by atoms with Crippen LogP contribution in [0.4, 0.5) is 0 Å². The van der Waals surface area contributed by atoms with Crippen molar-refractivity contribution in [2.75, 3.05) is 0 Å². The van der Waals surface area contributed by atoms with Crippen LogP contribution in [0, 0.1) is 19.3 Å². The van der Waals surface area contributed by atoms with Gasteiger partial charge in [0.1, 0.15) is 0 Å². The monoisotopic (exact) mass is 1070 g/mol. The van der Waals surface area contributed by atoms with Gasteiger partial charge in [-0.05, 0) is 138 Å². The van der Waals surface area contributed by atoms with E-state index in [-0.39, 0.29) is 5.41 Å². The summed E-state index contributed by atoms with van der Waals surface area (Å²) in [5.74, 6) is 0. The summed E-state index contributed by atoms with van der Waals surface area (Å²) in [6, 6.07) is 100. The van der Waals surface area contributed by atoms with Gasteiger partial charge in [0, 0.05) is 65.8 Å². The highest BCUT2D eigenvalue weighted by atomic mass is 15.0. The van der Waals surface area contributed by atoms with Crippen LogP contribution in [-0.4, -0.2) is 18.3 Å². The van der Waals surface area contributed by atoms with Gasteiger partial charge >= 0.3 is 0 Å². The molecular weight excluding hydrogens is 1000 g/mol. The second kappa shape index (κ2) is 19.8. The summed E-state index contributed by atoms with van der Waals surface area (Å²) >= 11 is 0. The van der Waals surface area contributed by atoms with Crippen molar-refractivity contribution in [2.45, 2.75) is 41.0 Å². The van der Waals surface area contributed by atoms with Crippen molar-refractivity contribution in [3.05, 3.63) is 290 Å². The van der Waals surface area contributed by atoms with Crippen molar-refractivity contribution in [3.8, 4) is 45.0 Å². The molecule has 4 aromatic heterocycles. The van der Waals surface area contributed by atoms with Crippen LogP contribution in [0.5, 0.6) is 0 Å². The average molecular weight is 1070 g/mol. The molecule has 0 aliphatic carbocycles. The minimum atomic E-state index is 0.220. The van der Waals surface area contributed by atoms with E-state index in [0.29, 0.717) is 0 Å². The summed E-state index contributed by atoms with van der Waals surface area (Å²) in [4.78, 5) is 0. The van der Waals surface area contributed by atoms with E-state index >= 15 is 0 Å². The van der Waals surface area contributed by atoms with E-state index in [0.717, 1.165) is 29.2 Å². The number of hydrogen-bond donors (Lipinski definition) is 0. The minimum absolute atomic E-state index is 0.220. The molecule has 16 aromatic rings. The Morgan fingerprint density at radius 2 is 0.494 bits per heavy atom. The molecule has 0 saturated heterocycles. The fourth-order valence-electron chi connectivity index (χ4n) is 13.5. The SMILES string of the molecule is CC(C)(C)Cc1cccc(-c2cc(-n3c4ccccc4c4ccccc43)cc(-n3c4ccccc4c4ccccc43)c2)c1.Cc1cc(C)cc(-c2cc(-n3c4ccccc4c4ccccc43)cc(-n3c4ccccc4c4ccccc43)c2)c1. The molecule has 0 fully saturated rings. The van der Waals surface area contributed by atoms with E-state index in [1.54, 1.807) is 0 Å². The predicted molar refractivity (Wildman–Crippen MR) is 354 cm³/mol. The van der Waals surface area contributed by atoms with Gasteiger partial charge in [-0.15, -0.1) is 0 Å². The molecule has 0 aliphatic rings. The quantitative estimate of drug-likeness (QED) is 0.152. The number of para-hydroxylation sites is 8. The maximum Gasteiger partial charge on any atom is 0.0541 e. The minimum Gasteiger partial charge on any atom is -0.309 e. The number of hydrogen-bond acceptors (Lipinski definition) is 0. The number of fused-ring (bicyclic) bond motifs is 12. The van der Waals surface area contributed by atoms with Crippen molar-refractivity contribution in [3.63, 3.8) is 0 Å². The summed E-state index contributed by atoms with van der Waals surface area (Å²) < 4.78 is 9.72. The average Bonchev–Trinajstić information content (AvgIpc) is 4.24. The van der Waals surface area contributed by atoms with Crippen LogP contribution in [0.3, 0.4) is 0 Å². The molecule has 0 N–H and O–H groups in total. The lowest BCUT2D eigenvalue weighted by atomic mass is 9.87. The van der Waals surface area contributed by atoms with Crippen LogP contribution in [0.1, 0.15) is 37.5 Å². The highest BCUT2D eigenvalue weighted by Crippen LogP contribution is 2.41. The van der Waals surface area contributed by atoms with E-state index in [4.69, 9.17) is 0 Å². The third-order valence-corrected chi connectivity index (χ3v) is 16.7. The van der Waals surface area contributed by atoms with Crippen LogP contribution in [0.15, 0.2) is 273 Å². The van der Waals surface area contributed by atoms with E-state index in [2.05, 4.69) is 326 Å². The standard InChI is InChI=1S/C41H34N2.C38H28N2/c1-41(2,3)27-28-13-12-14-29(23-28)30-24-31(42-37-19-8-4-15-33(37)34-16-5-9-20-38(34)42)26-32(25-30)43-39-21-10-6-17-35(39)36-18-7-11-22-40(36)43;1-25-19-26(2)21-27(20-25)28-22-29(39-35-15-7-3-11-31(35)32-12-4-8-16-36(32)39)24-30(23-28)40-37-17-9-5-13-33(37)34-14-6-10-18-38(34)40/h4-26H,27H2,1-3H3;3-24H,1-2H3. The molecule has 0 saturated carbocycles. The Morgan fingerprint density at radius 3 is 0.771 bits per heavy atom. The Morgan fingerprint density at radius 1 is 0.241 bits per heavy atom. The van der Waals surface area contributed by atoms with E-state index < -0.39 is 0 Å². The largest absolute Gasteiger partial charge is 0.309 e. The maximum absolute atomic E-state index is 2.44. The summed E-state index contributed by atoms with van der Waals surface area (Å²) in [5.41, 5.74) is 23.4. The van der Waals surface area contributed by atoms with E-state index in [1.165, 1.54) is 126 Å². The molecule has 0 aliphatic heterocycles. The van der Waals surface area contributed by atoms with E-state index in [1.807, 2.05) is 0 Å². The number of aromatic nitrogens is 4. The molecule has 4 heteroatoms. The van der Waals surface area contributed by atoms with Crippen molar-refractivity contribution in [2.24, 2.45) is 5.41 Å². The third kappa shape index (κ3) is 8.69. The third-order valence-electron chi connectivity index (χ3n) is 16.7. The first-order valence-electron chi connectivity index (χ1n) is 29.0. The topological polar surface area (TPSA) is 19.7 Å². The molecule has 0 bridgehead atoms. The Kier molecular flexibility index (Phi) is 11.9. The van der Waals surface area contributed by atoms with Crippen LogP contribution in [0.2, 0.25) is 0 Å². The number of rotatable bonds is 7. The molecule has 16 rings (SSSR count). The van der Waals surface area contributed by atoms with Gasteiger partial charge in [-0.3, -0.25) is 0 Å². The predicted octanol–water partition coefficient (Wildman–Crippen LogP) is 21.3. The first kappa shape index (κ1) is 49.8. The van der Waals surface area contributed by atoms with Crippen molar-refractivity contribution >= 4 is 87.2 Å². The van der Waals surface area contributed by atoms with Gasteiger partial charge in [0.2, 0.25) is 0 Å². The molecule has 4 nitrogen and oxygen atoms in total. The molecule has 0 spiro atoms. The van der Waals surface area contributed by atoms with Gasteiger partial charge < -0.3 is 18.3 Å². The molecule has 0 amide bonds. The Labute approximate surface area is 484 Å². The number of benzene rings is 12. The Hall–Kier alpha value is -10.2. The van der Waals surface area contributed by atoms with E-state index in [9.17, 15) is 0 Å². The van der Waals surface area contributed by atoms with Gasteiger partial charge in [-0.25, -0.2) is 0 Å². The first-order valence-corrected chi connectivity index (χ1v) is 29.0. The number of aryl methyl sites for hydroxylation is 2. The highest BCUT2D eigenvalue weighted by Gasteiger charge is 2.21. The second-order valence-corrected chi connectivity index (χ2v) is 23.8. The lowest BCUT2D eigenvalue weighted by molar-refractivity contribution is 0.411. The fourth-order valence-corrected chi connectivity index (χ4v) is 13.5. The molecule has 4 heterocycles. The van der Waals surface area contributed by atoms with Crippen LogP contribution in [0.25, 0.3) is 132 Å². The van der Waals surface area contributed by atoms with Crippen LogP contribution < -0.4 is 0 Å². The maximum atomic E-state index is 2.44. The van der Waals surface area contributed by atoms with Crippen LogP contribution >= 0.6 is 0 Å². The van der Waals surface area contributed by atoms with Gasteiger partial charge in [-0.2, -0.15) is 0 Å². The second-order valence-electron chi connectivity index (χ2n) is 23.8. The van der Waals surface area contributed by atoms with Gasteiger partial charge in [0.25, 0.3) is 0 Å².